The molecule has 1 aromatic rings. The summed E-state index contributed by atoms with van der Waals surface area (Å²) in [6, 6.07) is 5.98. The summed E-state index contributed by atoms with van der Waals surface area (Å²) in [7, 11) is 0. The molecule has 0 bridgehead atoms. The van der Waals surface area contributed by atoms with Gasteiger partial charge in [-0.15, -0.1) is 0 Å². The van der Waals surface area contributed by atoms with Crippen LogP contribution in [-0.2, 0) is 4.79 Å². The number of hydrogen-bond donors (Lipinski definition) is 0. The van der Waals surface area contributed by atoms with E-state index in [0.717, 1.165) is 0 Å². The molecule has 3 nitrogen and oxygen atoms in total. The van der Waals surface area contributed by atoms with Crippen LogP contribution in [0.25, 0.3) is 0 Å². The van der Waals surface area contributed by atoms with E-state index in [0.29, 0.717) is 15.1 Å². The summed E-state index contributed by atoms with van der Waals surface area (Å²) in [6.07, 6.45) is 1.36. The van der Waals surface area contributed by atoms with Crippen LogP contribution in [0, 0.1) is 11.3 Å². The van der Waals surface area contributed by atoms with Crippen LogP contribution in [0.2, 0.25) is 5.02 Å². The van der Waals surface area contributed by atoms with E-state index in [4.69, 9.17) is 16.9 Å². The fraction of sp³-hybridized carbons (Fsp3) is 0.111. The summed E-state index contributed by atoms with van der Waals surface area (Å²) in [5.74, 6) is 0. The number of benzene rings is 1. The minimum atomic E-state index is -0.818. The highest BCUT2D eigenvalue weighted by molar-refractivity contribution is 9.10. The lowest BCUT2D eigenvalue weighted by atomic mass is 10.1. The van der Waals surface area contributed by atoms with Gasteiger partial charge in [0.05, 0.1) is 11.1 Å². The zero-order chi connectivity index (χ0) is 10.6. The highest BCUT2D eigenvalue weighted by atomic mass is 79.9. The van der Waals surface area contributed by atoms with Crippen LogP contribution in [0.4, 0.5) is 0 Å². The quantitative estimate of drug-likeness (QED) is 0.613. The highest BCUT2D eigenvalue weighted by Crippen LogP contribution is 2.26. The second kappa shape index (κ2) is 4.92. The van der Waals surface area contributed by atoms with Gasteiger partial charge in [0.15, 0.2) is 6.04 Å². The van der Waals surface area contributed by atoms with E-state index < -0.39 is 6.04 Å². The van der Waals surface area contributed by atoms with Crippen molar-refractivity contribution in [3.8, 4) is 6.07 Å². The van der Waals surface area contributed by atoms with Crippen molar-refractivity contribution in [2.45, 2.75) is 6.04 Å². The zero-order valence-corrected chi connectivity index (χ0v) is 9.21. The Labute approximate surface area is 94.1 Å². The molecule has 0 aliphatic rings. The number of nitrogens with zero attached hydrogens (tertiary/aromatic N) is 2. The Bertz CT molecular complexity index is 435. The predicted octanol–water partition coefficient (Wildman–Crippen LogP) is 3.00. The number of halogens is 2. The lowest BCUT2D eigenvalue weighted by molar-refractivity contribution is 0.561. The van der Waals surface area contributed by atoms with E-state index in [9.17, 15) is 4.79 Å². The molecule has 0 amide bonds. The van der Waals surface area contributed by atoms with Crippen molar-refractivity contribution in [1.82, 2.24) is 0 Å². The minimum absolute atomic E-state index is 0.542. The summed E-state index contributed by atoms with van der Waals surface area (Å²) in [5.41, 5.74) is 0.604. The molecule has 0 spiro atoms. The molecule has 1 unspecified atom stereocenters. The normalized spacial score (nSPS) is 11.2. The summed E-state index contributed by atoms with van der Waals surface area (Å²) < 4.78 is 0.665. The molecule has 0 saturated heterocycles. The zero-order valence-electron chi connectivity index (χ0n) is 6.87. The average Bonchev–Trinajstić information content (AvgIpc) is 2.19. The van der Waals surface area contributed by atoms with Crippen LogP contribution >= 0.6 is 27.5 Å². The van der Waals surface area contributed by atoms with Crippen molar-refractivity contribution in [3.63, 3.8) is 0 Å². The van der Waals surface area contributed by atoms with Gasteiger partial charge in [-0.2, -0.15) is 10.3 Å². The topological polar surface area (TPSA) is 53.2 Å². The van der Waals surface area contributed by atoms with Crippen molar-refractivity contribution in [1.29, 1.82) is 5.26 Å². The molecule has 0 saturated carbocycles. The van der Waals surface area contributed by atoms with Crippen LogP contribution in [0.1, 0.15) is 11.6 Å². The first-order chi connectivity index (χ1) is 6.69. The van der Waals surface area contributed by atoms with Gasteiger partial charge in [0.25, 0.3) is 0 Å². The molecule has 14 heavy (non-hydrogen) atoms. The van der Waals surface area contributed by atoms with Crippen molar-refractivity contribution >= 4 is 33.6 Å². The van der Waals surface area contributed by atoms with Gasteiger partial charge in [-0.1, -0.05) is 17.7 Å². The molecule has 0 aliphatic carbocycles. The third-order valence-electron chi connectivity index (χ3n) is 1.56. The van der Waals surface area contributed by atoms with Crippen LogP contribution in [0.3, 0.4) is 0 Å². The molecule has 0 aliphatic heterocycles. The van der Waals surface area contributed by atoms with Crippen molar-refractivity contribution < 1.29 is 4.79 Å². The summed E-state index contributed by atoms with van der Waals surface area (Å²) >= 11 is 8.98. The first kappa shape index (κ1) is 10.9. The molecule has 0 heterocycles. The first-order valence-corrected chi connectivity index (χ1v) is 4.77. The molecule has 1 aromatic carbocycles. The summed E-state index contributed by atoms with van der Waals surface area (Å²) in [4.78, 5) is 13.4. The Kier molecular flexibility index (Phi) is 3.84. The Balaban J connectivity index is 3.13. The van der Waals surface area contributed by atoms with Gasteiger partial charge in [-0.3, -0.25) is 0 Å². The second-order valence-electron chi connectivity index (χ2n) is 2.43. The molecule has 1 rings (SSSR count). The molecule has 70 valence electrons. The Hall–Kier alpha value is -1.14. The minimum Gasteiger partial charge on any atom is -0.211 e. The van der Waals surface area contributed by atoms with Gasteiger partial charge in [0.1, 0.15) is 0 Å². The van der Waals surface area contributed by atoms with Crippen LogP contribution in [0.5, 0.6) is 0 Å². The second-order valence-corrected chi connectivity index (χ2v) is 3.69. The molecule has 0 radical (unpaired) electrons. The third-order valence-corrected chi connectivity index (χ3v) is 2.78. The molecule has 0 N–H and O–H groups in total. The largest absolute Gasteiger partial charge is 0.236 e. The van der Waals surface area contributed by atoms with Gasteiger partial charge in [-0.25, -0.2) is 4.79 Å². The van der Waals surface area contributed by atoms with Crippen molar-refractivity contribution in [2.24, 2.45) is 4.99 Å². The van der Waals surface area contributed by atoms with Crippen LogP contribution in [-0.4, -0.2) is 6.08 Å². The van der Waals surface area contributed by atoms with E-state index in [2.05, 4.69) is 20.9 Å². The summed E-state index contributed by atoms with van der Waals surface area (Å²) in [5, 5.41) is 9.24. The predicted molar refractivity (Wildman–Crippen MR) is 55.6 cm³/mol. The van der Waals surface area contributed by atoms with Gasteiger partial charge >= 0.3 is 0 Å². The maximum absolute atomic E-state index is 10.0. The van der Waals surface area contributed by atoms with Crippen molar-refractivity contribution in [2.75, 3.05) is 0 Å². The fourth-order valence-electron chi connectivity index (χ4n) is 0.913. The number of nitriles is 1. The smallest absolute Gasteiger partial charge is 0.211 e. The van der Waals surface area contributed by atoms with Gasteiger partial charge < -0.3 is 0 Å². The van der Waals surface area contributed by atoms with E-state index in [1.807, 2.05) is 6.07 Å². The van der Waals surface area contributed by atoms with Crippen molar-refractivity contribution in [3.05, 3.63) is 33.3 Å². The molecular weight excluding hydrogens is 267 g/mol. The molecule has 5 heteroatoms. The Morgan fingerprint density at radius 3 is 2.79 bits per heavy atom. The molecular formula is C9H4BrClN2O. The lowest BCUT2D eigenvalue weighted by Crippen LogP contribution is -1.91. The van der Waals surface area contributed by atoms with E-state index in [-0.39, 0.29) is 0 Å². The Morgan fingerprint density at radius 1 is 1.57 bits per heavy atom. The SMILES string of the molecule is N#CC(N=C=O)c1ccc(Cl)c(Br)c1. The summed E-state index contributed by atoms with van der Waals surface area (Å²) in [6.45, 7) is 0. The lowest BCUT2D eigenvalue weighted by Gasteiger charge is -2.03. The number of aliphatic imine (C=N–C) groups is 1. The van der Waals surface area contributed by atoms with Gasteiger partial charge in [0, 0.05) is 4.47 Å². The van der Waals surface area contributed by atoms with Crippen LogP contribution < -0.4 is 0 Å². The standard InChI is InChI=1S/C9H4BrClN2O/c10-7-3-6(1-2-8(7)11)9(4-12)13-5-14/h1-3,9H. The monoisotopic (exact) mass is 270 g/mol. The van der Waals surface area contributed by atoms with E-state index in [1.165, 1.54) is 6.08 Å². The van der Waals surface area contributed by atoms with E-state index >= 15 is 0 Å². The first-order valence-electron chi connectivity index (χ1n) is 3.60. The number of rotatable bonds is 2. The van der Waals surface area contributed by atoms with Gasteiger partial charge in [-0.05, 0) is 33.6 Å². The van der Waals surface area contributed by atoms with Gasteiger partial charge in [0.2, 0.25) is 6.08 Å². The molecule has 0 fully saturated rings. The number of carbonyl (C=O) groups excluding carboxylic acids is 1. The maximum atomic E-state index is 10.0. The maximum Gasteiger partial charge on any atom is 0.236 e. The van der Waals surface area contributed by atoms with E-state index in [1.54, 1.807) is 18.2 Å². The third kappa shape index (κ3) is 2.43. The Morgan fingerprint density at radius 2 is 2.29 bits per heavy atom. The number of hydrogen-bond acceptors (Lipinski definition) is 3. The number of isocyanates is 1. The highest BCUT2D eigenvalue weighted by Gasteiger charge is 2.09. The van der Waals surface area contributed by atoms with Crippen LogP contribution in [0.15, 0.2) is 27.7 Å². The molecule has 1 atom stereocenters. The average molecular weight is 272 g/mol. The molecule has 0 aromatic heterocycles. The fourth-order valence-corrected chi connectivity index (χ4v) is 1.43.